The Balaban J connectivity index is 1.14. The first kappa shape index (κ1) is 21.4. The van der Waals surface area contributed by atoms with Crippen LogP contribution in [0.15, 0.2) is 60.7 Å². The largest absolute Gasteiger partial charge is 0.478 e. The van der Waals surface area contributed by atoms with Crippen molar-refractivity contribution in [1.29, 1.82) is 0 Å². The number of amides is 1. The fourth-order valence-electron chi connectivity index (χ4n) is 6.08. The van der Waals surface area contributed by atoms with Crippen molar-refractivity contribution in [2.75, 3.05) is 19.7 Å². The van der Waals surface area contributed by atoms with E-state index in [2.05, 4.69) is 30.3 Å². The van der Waals surface area contributed by atoms with Crippen LogP contribution in [-0.4, -0.2) is 47.7 Å². The maximum absolute atomic E-state index is 12.7. The van der Waals surface area contributed by atoms with Crippen molar-refractivity contribution < 1.29 is 19.4 Å². The molecule has 174 valence electrons. The number of rotatable bonds is 4. The average Bonchev–Trinajstić information content (AvgIpc) is 3.28. The normalized spacial score (nSPS) is 23.4. The van der Waals surface area contributed by atoms with Gasteiger partial charge in [0, 0.05) is 19.7 Å². The number of ether oxygens (including phenoxy) is 1. The maximum atomic E-state index is 12.7. The average molecular weight is 456 g/mol. The third-order valence-corrected chi connectivity index (χ3v) is 8.22. The van der Waals surface area contributed by atoms with Crippen molar-refractivity contribution in [3.8, 4) is 11.1 Å². The van der Waals surface area contributed by atoms with Gasteiger partial charge in [0.15, 0.2) is 0 Å². The second-order valence-corrected chi connectivity index (χ2v) is 10.1. The van der Waals surface area contributed by atoms with Crippen molar-refractivity contribution in [2.24, 2.45) is 5.41 Å². The van der Waals surface area contributed by atoms with Gasteiger partial charge in [-0.3, -0.25) is 4.79 Å². The van der Waals surface area contributed by atoms with Crippen LogP contribution in [0.1, 0.15) is 53.9 Å². The number of fused-ring (bicyclic) bond motifs is 1. The highest BCUT2D eigenvalue weighted by atomic mass is 16.5. The van der Waals surface area contributed by atoms with E-state index >= 15 is 0 Å². The molecule has 5 nitrogen and oxygen atoms in total. The minimum Gasteiger partial charge on any atom is -0.478 e. The Hall–Kier alpha value is -3.18. The fraction of sp³-hybridized carbons (Fsp3) is 0.379. The summed E-state index contributed by atoms with van der Waals surface area (Å²) in [6.07, 6.45) is 5.02. The number of aromatic carboxylic acids is 1. The third-order valence-electron chi connectivity index (χ3n) is 8.22. The van der Waals surface area contributed by atoms with Crippen LogP contribution in [-0.2, 0) is 9.53 Å². The lowest BCUT2D eigenvalue weighted by molar-refractivity contribution is -0.142. The molecular weight excluding hydrogens is 426 g/mol. The summed E-state index contributed by atoms with van der Waals surface area (Å²) in [6, 6.07) is 20.2. The third kappa shape index (κ3) is 3.68. The highest BCUT2D eigenvalue weighted by Gasteiger charge is 2.55. The molecule has 1 aliphatic carbocycles. The summed E-state index contributed by atoms with van der Waals surface area (Å²) < 4.78 is 5.60. The zero-order valence-corrected chi connectivity index (χ0v) is 19.2. The molecule has 0 radical (unpaired) electrons. The minimum atomic E-state index is -0.900. The van der Waals surface area contributed by atoms with E-state index in [1.165, 1.54) is 12.0 Å². The van der Waals surface area contributed by atoms with E-state index in [4.69, 9.17) is 4.74 Å². The summed E-state index contributed by atoms with van der Waals surface area (Å²) in [6.45, 7) is 2.42. The number of piperidine rings is 1. The van der Waals surface area contributed by atoms with Crippen molar-refractivity contribution in [2.45, 2.75) is 44.1 Å². The summed E-state index contributed by atoms with van der Waals surface area (Å²) in [4.78, 5) is 26.2. The number of benzene rings is 3. The molecule has 3 aliphatic rings. The molecule has 3 aromatic rings. The predicted molar refractivity (Wildman–Crippen MR) is 131 cm³/mol. The van der Waals surface area contributed by atoms with Crippen LogP contribution in [0.5, 0.6) is 0 Å². The van der Waals surface area contributed by atoms with Gasteiger partial charge in [0.05, 0.1) is 5.56 Å². The number of carboxylic acid groups (broad SMARTS) is 1. The lowest BCUT2D eigenvalue weighted by atomic mass is 9.88. The van der Waals surface area contributed by atoms with Crippen molar-refractivity contribution in [1.82, 2.24) is 4.90 Å². The van der Waals surface area contributed by atoms with E-state index in [0.29, 0.717) is 16.9 Å². The maximum Gasteiger partial charge on any atom is 0.336 e. The molecule has 2 heterocycles. The lowest BCUT2D eigenvalue weighted by Crippen LogP contribution is -2.44. The van der Waals surface area contributed by atoms with Gasteiger partial charge in [-0.2, -0.15) is 0 Å². The van der Waals surface area contributed by atoms with Gasteiger partial charge in [-0.15, -0.1) is 0 Å². The van der Waals surface area contributed by atoms with Gasteiger partial charge in [-0.25, -0.2) is 4.79 Å². The molecule has 1 amide bonds. The van der Waals surface area contributed by atoms with Gasteiger partial charge in [-0.1, -0.05) is 48.5 Å². The number of hydrogen-bond donors (Lipinski definition) is 1. The van der Waals surface area contributed by atoms with Gasteiger partial charge in [0.25, 0.3) is 5.91 Å². The van der Waals surface area contributed by atoms with Gasteiger partial charge in [0.2, 0.25) is 0 Å². The summed E-state index contributed by atoms with van der Waals surface area (Å²) in [5, 5.41) is 11.1. The molecule has 5 heteroatoms. The molecule has 3 fully saturated rings. The molecule has 2 atom stereocenters. The quantitative estimate of drug-likeness (QED) is 0.566. The topological polar surface area (TPSA) is 66.8 Å². The highest BCUT2D eigenvalue weighted by Crippen LogP contribution is 2.65. The van der Waals surface area contributed by atoms with E-state index in [1.807, 2.05) is 23.1 Å². The van der Waals surface area contributed by atoms with Crippen molar-refractivity contribution in [3.63, 3.8) is 0 Å². The SMILES string of the molecule is O=C(O)c1cccc2cc(-c3ccc([C@@H]4CC45CCN(C(=O)C4CCCO4)CC5)cc3)ccc12. The van der Waals surface area contributed by atoms with Crippen LogP contribution in [0.4, 0.5) is 0 Å². The molecule has 0 bridgehead atoms. The van der Waals surface area contributed by atoms with E-state index in [-0.39, 0.29) is 12.0 Å². The molecule has 1 unspecified atom stereocenters. The van der Waals surface area contributed by atoms with Crippen LogP contribution >= 0.6 is 0 Å². The molecule has 6 rings (SSSR count). The Morgan fingerprint density at radius 2 is 1.74 bits per heavy atom. The van der Waals surface area contributed by atoms with E-state index in [0.717, 1.165) is 67.3 Å². The Labute approximate surface area is 199 Å². The molecule has 0 aromatic heterocycles. The number of hydrogen-bond acceptors (Lipinski definition) is 3. The molecule has 1 spiro atoms. The van der Waals surface area contributed by atoms with E-state index in [1.54, 1.807) is 12.1 Å². The number of carboxylic acids is 1. The number of carbonyl (C=O) groups is 2. The second kappa shape index (κ2) is 8.24. The van der Waals surface area contributed by atoms with Crippen LogP contribution < -0.4 is 0 Å². The Kier molecular flexibility index (Phi) is 5.18. The molecular formula is C29H29NO4. The van der Waals surface area contributed by atoms with E-state index < -0.39 is 5.97 Å². The Morgan fingerprint density at radius 3 is 2.44 bits per heavy atom. The monoisotopic (exact) mass is 455 g/mol. The fourth-order valence-corrected chi connectivity index (χ4v) is 6.08. The van der Waals surface area contributed by atoms with Crippen LogP contribution in [0, 0.1) is 5.41 Å². The molecule has 1 N–H and O–H groups in total. The summed E-state index contributed by atoms with van der Waals surface area (Å²) in [5.74, 6) is -0.126. The molecule has 3 aromatic carbocycles. The number of nitrogens with zero attached hydrogens (tertiary/aromatic N) is 1. The molecule has 2 saturated heterocycles. The van der Waals surface area contributed by atoms with Crippen LogP contribution in [0.2, 0.25) is 0 Å². The number of likely N-dealkylation sites (tertiary alicyclic amines) is 1. The molecule has 2 aliphatic heterocycles. The standard InChI is InChI=1S/C29H29NO4/c31-27(26-5-2-16-34-26)30-14-12-29(13-15-30)18-25(29)20-8-6-19(7-9-20)21-10-11-23-22(17-21)3-1-4-24(23)28(32)33/h1,3-4,6-11,17,25-26H,2,5,12-16,18H2,(H,32,33)/t25-,26?/m0/s1. The Morgan fingerprint density at radius 1 is 0.971 bits per heavy atom. The van der Waals surface area contributed by atoms with Gasteiger partial charge in [-0.05, 0) is 83.0 Å². The predicted octanol–water partition coefficient (Wildman–Crippen LogP) is 5.48. The summed E-state index contributed by atoms with van der Waals surface area (Å²) in [7, 11) is 0. The van der Waals surface area contributed by atoms with Gasteiger partial charge in [0.1, 0.15) is 6.10 Å². The van der Waals surface area contributed by atoms with Crippen molar-refractivity contribution in [3.05, 3.63) is 71.8 Å². The van der Waals surface area contributed by atoms with Gasteiger partial charge < -0.3 is 14.7 Å². The van der Waals surface area contributed by atoms with E-state index in [9.17, 15) is 14.7 Å². The smallest absolute Gasteiger partial charge is 0.336 e. The number of carbonyl (C=O) groups excluding carboxylic acids is 1. The van der Waals surface area contributed by atoms with Crippen molar-refractivity contribution >= 4 is 22.6 Å². The summed E-state index contributed by atoms with van der Waals surface area (Å²) in [5.41, 5.74) is 4.30. The Bertz CT molecular complexity index is 1250. The highest BCUT2D eigenvalue weighted by molar-refractivity contribution is 6.04. The zero-order valence-electron chi connectivity index (χ0n) is 19.2. The first-order valence-corrected chi connectivity index (χ1v) is 12.3. The van der Waals surface area contributed by atoms with Crippen LogP contribution in [0.3, 0.4) is 0 Å². The first-order chi connectivity index (χ1) is 16.5. The molecule has 34 heavy (non-hydrogen) atoms. The second-order valence-electron chi connectivity index (χ2n) is 10.1. The minimum absolute atomic E-state index is 0.194. The lowest BCUT2D eigenvalue weighted by Gasteiger charge is -2.34. The van der Waals surface area contributed by atoms with Crippen LogP contribution in [0.25, 0.3) is 21.9 Å². The first-order valence-electron chi connectivity index (χ1n) is 12.3. The summed E-state index contributed by atoms with van der Waals surface area (Å²) >= 11 is 0. The zero-order chi connectivity index (χ0) is 23.3. The van der Waals surface area contributed by atoms with Gasteiger partial charge >= 0.3 is 5.97 Å². The molecule has 1 saturated carbocycles.